The van der Waals surface area contributed by atoms with Gasteiger partial charge in [-0.05, 0) is 25.5 Å². The molecule has 0 atom stereocenters. The third kappa shape index (κ3) is 2.35. The molecule has 0 unspecified atom stereocenters. The van der Waals surface area contributed by atoms with Crippen molar-refractivity contribution in [1.82, 2.24) is 9.88 Å². The quantitative estimate of drug-likeness (QED) is 0.843. The van der Waals surface area contributed by atoms with Crippen molar-refractivity contribution in [1.29, 1.82) is 0 Å². The van der Waals surface area contributed by atoms with Crippen molar-refractivity contribution in [3.05, 3.63) is 34.2 Å². The molecule has 3 nitrogen and oxygen atoms in total. The molecule has 1 saturated carbocycles. The summed E-state index contributed by atoms with van der Waals surface area (Å²) < 4.78 is 1.93. The molecule has 0 saturated heterocycles. The standard InChI is InChI=1S/C13H20N2O/c1-2-14-10-11-6-5-9-15(13(11)16)12-7-3-4-8-12/h5-6,9,12,14H,2-4,7-8,10H2,1H3. The lowest BCUT2D eigenvalue weighted by Crippen LogP contribution is -2.28. The second kappa shape index (κ2) is 5.30. The molecular formula is C13H20N2O. The van der Waals surface area contributed by atoms with Crippen molar-refractivity contribution >= 4 is 0 Å². The van der Waals surface area contributed by atoms with Gasteiger partial charge in [-0.25, -0.2) is 0 Å². The maximum atomic E-state index is 12.2. The van der Waals surface area contributed by atoms with E-state index in [9.17, 15) is 4.79 Å². The molecule has 1 aliphatic rings. The van der Waals surface area contributed by atoms with Crippen LogP contribution in [0.4, 0.5) is 0 Å². The zero-order chi connectivity index (χ0) is 11.4. The van der Waals surface area contributed by atoms with E-state index >= 15 is 0 Å². The van der Waals surface area contributed by atoms with Crippen LogP contribution in [0.3, 0.4) is 0 Å². The van der Waals surface area contributed by atoms with E-state index in [0.29, 0.717) is 12.6 Å². The third-order valence-electron chi connectivity index (χ3n) is 3.34. The van der Waals surface area contributed by atoms with E-state index in [1.165, 1.54) is 12.8 Å². The predicted octanol–water partition coefficient (Wildman–Crippen LogP) is 2.07. The Hall–Kier alpha value is -1.09. The minimum Gasteiger partial charge on any atom is -0.313 e. The summed E-state index contributed by atoms with van der Waals surface area (Å²) in [6.07, 6.45) is 6.77. The number of pyridine rings is 1. The highest BCUT2D eigenvalue weighted by Crippen LogP contribution is 2.27. The van der Waals surface area contributed by atoms with Crippen LogP contribution < -0.4 is 10.9 Å². The second-order valence-electron chi connectivity index (χ2n) is 4.46. The minimum atomic E-state index is 0.190. The van der Waals surface area contributed by atoms with Gasteiger partial charge < -0.3 is 9.88 Å². The van der Waals surface area contributed by atoms with Crippen LogP contribution in [0.2, 0.25) is 0 Å². The maximum absolute atomic E-state index is 12.2. The molecule has 1 aromatic rings. The Labute approximate surface area is 96.5 Å². The number of hydrogen-bond donors (Lipinski definition) is 1. The van der Waals surface area contributed by atoms with E-state index in [1.807, 2.05) is 22.9 Å². The van der Waals surface area contributed by atoms with Crippen LogP contribution in [-0.4, -0.2) is 11.1 Å². The van der Waals surface area contributed by atoms with Gasteiger partial charge in [0.1, 0.15) is 0 Å². The summed E-state index contributed by atoms with van der Waals surface area (Å²) in [5, 5.41) is 3.21. The number of aromatic nitrogens is 1. The lowest BCUT2D eigenvalue weighted by molar-refractivity contribution is 0.497. The van der Waals surface area contributed by atoms with Crippen molar-refractivity contribution in [2.24, 2.45) is 0 Å². The van der Waals surface area contributed by atoms with Gasteiger partial charge in [-0.3, -0.25) is 4.79 Å². The van der Waals surface area contributed by atoms with Crippen LogP contribution in [0.5, 0.6) is 0 Å². The fourth-order valence-corrected chi connectivity index (χ4v) is 2.42. The van der Waals surface area contributed by atoms with Crippen LogP contribution in [0.1, 0.15) is 44.2 Å². The van der Waals surface area contributed by atoms with Gasteiger partial charge >= 0.3 is 0 Å². The summed E-state index contributed by atoms with van der Waals surface area (Å²) in [5.74, 6) is 0. The number of nitrogens with zero attached hydrogens (tertiary/aromatic N) is 1. The number of nitrogens with one attached hydrogen (secondary N) is 1. The van der Waals surface area contributed by atoms with Crippen LogP contribution in [0, 0.1) is 0 Å². The largest absolute Gasteiger partial charge is 0.313 e. The normalized spacial score (nSPS) is 16.8. The zero-order valence-electron chi connectivity index (χ0n) is 9.91. The average molecular weight is 220 g/mol. The van der Waals surface area contributed by atoms with Crippen LogP contribution in [-0.2, 0) is 6.54 Å². The van der Waals surface area contributed by atoms with Gasteiger partial charge in [0.2, 0.25) is 0 Å². The van der Waals surface area contributed by atoms with Gasteiger partial charge in [0.05, 0.1) is 0 Å². The molecule has 16 heavy (non-hydrogen) atoms. The molecule has 0 spiro atoms. The van der Waals surface area contributed by atoms with Crippen molar-refractivity contribution in [3.8, 4) is 0 Å². The Bertz CT molecular complexity index is 391. The van der Waals surface area contributed by atoms with Gasteiger partial charge in [0, 0.05) is 24.3 Å². The second-order valence-corrected chi connectivity index (χ2v) is 4.46. The lowest BCUT2D eigenvalue weighted by Gasteiger charge is -2.14. The van der Waals surface area contributed by atoms with Crippen molar-refractivity contribution < 1.29 is 0 Å². The Morgan fingerprint density at radius 1 is 1.44 bits per heavy atom. The van der Waals surface area contributed by atoms with E-state index in [4.69, 9.17) is 0 Å². The highest BCUT2D eigenvalue weighted by Gasteiger charge is 2.18. The van der Waals surface area contributed by atoms with Crippen LogP contribution in [0.15, 0.2) is 23.1 Å². The smallest absolute Gasteiger partial charge is 0.255 e. The minimum absolute atomic E-state index is 0.190. The van der Waals surface area contributed by atoms with Crippen LogP contribution in [0.25, 0.3) is 0 Å². The van der Waals surface area contributed by atoms with Crippen molar-refractivity contribution in [2.45, 2.75) is 45.2 Å². The molecule has 0 bridgehead atoms. The van der Waals surface area contributed by atoms with Crippen LogP contribution >= 0.6 is 0 Å². The molecule has 1 aliphatic carbocycles. The van der Waals surface area contributed by atoms with Gasteiger partial charge in [0.25, 0.3) is 5.56 Å². The molecule has 1 aromatic heterocycles. The Balaban J connectivity index is 2.21. The highest BCUT2D eigenvalue weighted by atomic mass is 16.1. The molecule has 88 valence electrons. The summed E-state index contributed by atoms with van der Waals surface area (Å²) in [6, 6.07) is 4.36. The van der Waals surface area contributed by atoms with E-state index in [2.05, 4.69) is 12.2 Å². The third-order valence-corrected chi connectivity index (χ3v) is 3.34. The number of rotatable bonds is 4. The Morgan fingerprint density at radius 3 is 2.88 bits per heavy atom. The molecule has 2 rings (SSSR count). The fraction of sp³-hybridized carbons (Fsp3) is 0.615. The zero-order valence-corrected chi connectivity index (χ0v) is 9.91. The van der Waals surface area contributed by atoms with E-state index in [0.717, 1.165) is 24.9 Å². The first-order chi connectivity index (χ1) is 7.83. The van der Waals surface area contributed by atoms with Gasteiger partial charge in [-0.2, -0.15) is 0 Å². The summed E-state index contributed by atoms with van der Waals surface area (Å²) in [7, 11) is 0. The Morgan fingerprint density at radius 2 is 2.19 bits per heavy atom. The molecule has 3 heteroatoms. The van der Waals surface area contributed by atoms with E-state index in [1.54, 1.807) is 0 Å². The van der Waals surface area contributed by atoms with E-state index < -0.39 is 0 Å². The topological polar surface area (TPSA) is 34.0 Å². The van der Waals surface area contributed by atoms with Gasteiger partial charge in [-0.15, -0.1) is 0 Å². The summed E-state index contributed by atoms with van der Waals surface area (Å²) in [5.41, 5.74) is 1.08. The highest BCUT2D eigenvalue weighted by molar-refractivity contribution is 5.11. The first kappa shape index (κ1) is 11.4. The summed E-state index contributed by atoms with van der Waals surface area (Å²) in [6.45, 7) is 3.64. The van der Waals surface area contributed by atoms with E-state index in [-0.39, 0.29) is 5.56 Å². The monoisotopic (exact) mass is 220 g/mol. The van der Waals surface area contributed by atoms with Crippen molar-refractivity contribution in [2.75, 3.05) is 6.54 Å². The Kier molecular flexibility index (Phi) is 3.78. The predicted molar refractivity (Wildman–Crippen MR) is 65.6 cm³/mol. The molecule has 0 aromatic carbocycles. The molecule has 1 fully saturated rings. The van der Waals surface area contributed by atoms with Crippen molar-refractivity contribution in [3.63, 3.8) is 0 Å². The fourth-order valence-electron chi connectivity index (χ4n) is 2.42. The van der Waals surface area contributed by atoms with Gasteiger partial charge in [0.15, 0.2) is 0 Å². The van der Waals surface area contributed by atoms with Gasteiger partial charge in [-0.1, -0.05) is 25.8 Å². The molecule has 1 N–H and O–H groups in total. The molecule has 0 radical (unpaired) electrons. The molecule has 1 heterocycles. The molecular weight excluding hydrogens is 200 g/mol. The number of hydrogen-bond acceptors (Lipinski definition) is 2. The maximum Gasteiger partial charge on any atom is 0.255 e. The SMILES string of the molecule is CCNCc1cccn(C2CCCC2)c1=O. The average Bonchev–Trinajstić information content (AvgIpc) is 2.81. The molecule has 0 amide bonds. The lowest BCUT2D eigenvalue weighted by atomic mass is 10.2. The summed E-state index contributed by atoms with van der Waals surface area (Å²) >= 11 is 0. The summed E-state index contributed by atoms with van der Waals surface area (Å²) in [4.78, 5) is 12.2. The first-order valence-electron chi connectivity index (χ1n) is 6.23. The first-order valence-corrected chi connectivity index (χ1v) is 6.23. The molecule has 0 aliphatic heterocycles.